The fraction of sp³-hybridized carbons (Fsp3) is 0.250. The number of anilines is 1. The molecule has 0 spiro atoms. The van der Waals surface area contributed by atoms with E-state index in [2.05, 4.69) is 25.0 Å². The van der Waals surface area contributed by atoms with E-state index in [9.17, 15) is 14.0 Å². The van der Waals surface area contributed by atoms with Crippen LogP contribution in [-0.4, -0.2) is 59.5 Å². The molecule has 1 aliphatic rings. The minimum Gasteiger partial charge on any atom is -0.579 e. The van der Waals surface area contributed by atoms with Gasteiger partial charge in [-0.15, -0.1) is 20.4 Å². The van der Waals surface area contributed by atoms with Gasteiger partial charge in [0.05, 0.1) is 17.9 Å². The first-order valence-corrected chi connectivity index (χ1v) is 12.0. The van der Waals surface area contributed by atoms with Gasteiger partial charge in [-0.05, 0) is 30.7 Å². The van der Waals surface area contributed by atoms with Crippen LogP contribution < -0.4 is 10.0 Å². The van der Waals surface area contributed by atoms with Gasteiger partial charge in [0.2, 0.25) is 5.95 Å². The molecule has 0 bridgehead atoms. The number of aromatic nitrogens is 4. The Labute approximate surface area is 190 Å². The van der Waals surface area contributed by atoms with Crippen molar-refractivity contribution in [1.29, 1.82) is 0 Å². The first-order chi connectivity index (χ1) is 15.6. The second-order valence-corrected chi connectivity index (χ2v) is 9.33. The van der Waals surface area contributed by atoms with Crippen molar-refractivity contribution in [2.45, 2.75) is 6.42 Å². The van der Waals surface area contributed by atoms with Gasteiger partial charge in [0.1, 0.15) is 17.2 Å². The van der Waals surface area contributed by atoms with E-state index in [1.165, 1.54) is 23.5 Å². The lowest BCUT2D eigenvalue weighted by Crippen LogP contribution is -2.48. The number of aromatic hydroxyl groups is 1. The molecule has 1 aromatic carbocycles. The molecule has 3 N–H and O–H groups in total. The third-order valence-electron chi connectivity index (χ3n) is 5.07. The van der Waals surface area contributed by atoms with Crippen LogP contribution in [0.1, 0.15) is 6.42 Å². The van der Waals surface area contributed by atoms with Crippen LogP contribution in [0.15, 0.2) is 42.0 Å². The molecule has 1 saturated heterocycles. The molecule has 4 aromatic rings. The number of fused-ring (bicyclic) bond motifs is 1. The van der Waals surface area contributed by atoms with Crippen molar-refractivity contribution in [3.63, 3.8) is 0 Å². The van der Waals surface area contributed by atoms with Crippen molar-refractivity contribution in [1.82, 2.24) is 28.4 Å². The molecule has 32 heavy (non-hydrogen) atoms. The number of phenolic OH excluding ortho intramolecular Hbond substituents is 1. The van der Waals surface area contributed by atoms with Gasteiger partial charge in [0.25, 0.3) is 0 Å². The van der Waals surface area contributed by atoms with Gasteiger partial charge in [-0.1, -0.05) is 0 Å². The van der Waals surface area contributed by atoms with Crippen molar-refractivity contribution in [3.8, 4) is 28.4 Å². The highest BCUT2D eigenvalue weighted by Crippen LogP contribution is 2.35. The highest BCUT2D eigenvalue weighted by atomic mass is 32.2. The molecule has 4 heterocycles. The third-order valence-corrected chi connectivity index (χ3v) is 7.11. The monoisotopic (exact) mass is 473 g/mol. The zero-order valence-corrected chi connectivity index (χ0v) is 18.5. The number of nitrogens with zero attached hydrogens (tertiary/aromatic N) is 5. The highest BCUT2D eigenvalue weighted by molar-refractivity contribution is 7.87. The molecule has 1 atom stereocenters. The average Bonchev–Trinajstić information content (AvgIpc) is 3.39. The van der Waals surface area contributed by atoms with Gasteiger partial charge in [0.15, 0.2) is 16.5 Å². The molecule has 1 aliphatic heterocycles. The van der Waals surface area contributed by atoms with E-state index in [1.807, 2.05) is 20.3 Å². The molecule has 12 heteroatoms. The molecule has 5 rings (SSSR count). The maximum absolute atomic E-state index is 13.6. The third kappa shape index (κ3) is 4.14. The number of thiazole rings is 1. The summed E-state index contributed by atoms with van der Waals surface area (Å²) in [5.74, 6) is -0.676. The van der Waals surface area contributed by atoms with Crippen LogP contribution in [0.4, 0.5) is 10.3 Å². The Balaban J connectivity index is 1.43. The summed E-state index contributed by atoms with van der Waals surface area (Å²) in [6.45, 7) is 2.67. The lowest BCUT2D eigenvalue weighted by molar-refractivity contribution is 0.383. The summed E-state index contributed by atoms with van der Waals surface area (Å²) in [5, 5.41) is 15.0. The number of rotatable bonds is 6. The fourth-order valence-electron chi connectivity index (χ4n) is 3.54. The largest absolute Gasteiger partial charge is 0.579 e. The van der Waals surface area contributed by atoms with Crippen LogP contribution in [0.25, 0.3) is 27.6 Å². The van der Waals surface area contributed by atoms with Gasteiger partial charge >= 0.3 is 0 Å². The highest BCUT2D eigenvalue weighted by Gasteiger charge is 2.24. The Hall–Kier alpha value is -2.77. The molecule has 0 saturated carbocycles. The lowest BCUT2D eigenvalue weighted by Gasteiger charge is -2.27. The van der Waals surface area contributed by atoms with E-state index in [-0.39, 0.29) is 0 Å². The SMILES string of the molecule is [O-][S+]1NCCCN1CCNc1nccc(-c2c(-c3ccc(F)c(O)c3)nc3sccn23)n1. The zero-order chi connectivity index (χ0) is 22.1. The maximum atomic E-state index is 13.6. The number of phenols is 1. The Morgan fingerprint density at radius 3 is 3.06 bits per heavy atom. The molecule has 0 radical (unpaired) electrons. The zero-order valence-electron chi connectivity index (χ0n) is 16.9. The van der Waals surface area contributed by atoms with Crippen molar-refractivity contribution >= 4 is 33.8 Å². The second kappa shape index (κ2) is 9.00. The van der Waals surface area contributed by atoms with Crippen LogP contribution in [0.5, 0.6) is 5.75 Å². The molecule has 1 unspecified atom stereocenters. The summed E-state index contributed by atoms with van der Waals surface area (Å²) < 4.78 is 32.3. The van der Waals surface area contributed by atoms with Crippen molar-refractivity contribution in [2.24, 2.45) is 0 Å². The number of hydrogen-bond acceptors (Lipinski definition) is 9. The Morgan fingerprint density at radius 1 is 1.31 bits per heavy atom. The number of hydrogen-bond donors (Lipinski definition) is 3. The summed E-state index contributed by atoms with van der Waals surface area (Å²) in [5.41, 5.74) is 2.53. The molecule has 1 fully saturated rings. The van der Waals surface area contributed by atoms with Crippen LogP contribution in [-0.2, 0) is 11.5 Å². The fourth-order valence-corrected chi connectivity index (χ4v) is 5.31. The van der Waals surface area contributed by atoms with Gasteiger partial charge in [-0.25, -0.2) is 19.3 Å². The van der Waals surface area contributed by atoms with Gasteiger partial charge in [-0.3, -0.25) is 4.40 Å². The predicted molar refractivity (Wildman–Crippen MR) is 122 cm³/mol. The second-order valence-electron chi connectivity index (χ2n) is 7.15. The van der Waals surface area contributed by atoms with Crippen molar-refractivity contribution in [3.05, 3.63) is 47.9 Å². The summed E-state index contributed by atoms with van der Waals surface area (Å²) in [4.78, 5) is 14.4. The molecule has 166 valence electrons. The number of nitrogens with one attached hydrogen (secondary N) is 2. The summed E-state index contributed by atoms with van der Waals surface area (Å²) in [6.07, 6.45) is 4.50. The predicted octanol–water partition coefficient (Wildman–Crippen LogP) is 2.65. The summed E-state index contributed by atoms with van der Waals surface area (Å²) in [7, 11) is 0. The minimum absolute atomic E-state index is 0.431. The van der Waals surface area contributed by atoms with Crippen LogP contribution in [0.3, 0.4) is 0 Å². The molecular formula is C20H20FN7O2S2. The quantitative estimate of drug-likeness (QED) is 0.366. The first-order valence-electron chi connectivity index (χ1n) is 10.0. The van der Waals surface area contributed by atoms with E-state index < -0.39 is 23.1 Å². The topological polar surface area (TPSA) is 114 Å². The average molecular weight is 474 g/mol. The lowest BCUT2D eigenvalue weighted by atomic mass is 10.1. The number of halogens is 1. The smallest absolute Gasteiger partial charge is 0.223 e. The molecular weight excluding hydrogens is 453 g/mol. The number of imidazole rings is 1. The van der Waals surface area contributed by atoms with E-state index in [1.54, 1.807) is 18.3 Å². The summed E-state index contributed by atoms with van der Waals surface area (Å²) in [6, 6.07) is 5.94. The molecule has 9 nitrogen and oxygen atoms in total. The van der Waals surface area contributed by atoms with Crippen LogP contribution in [0.2, 0.25) is 0 Å². The van der Waals surface area contributed by atoms with Gasteiger partial charge < -0.3 is 15.0 Å². The van der Waals surface area contributed by atoms with Crippen LogP contribution >= 0.6 is 11.3 Å². The van der Waals surface area contributed by atoms with Crippen LogP contribution in [0, 0.1) is 5.82 Å². The van der Waals surface area contributed by atoms with E-state index >= 15 is 0 Å². The van der Waals surface area contributed by atoms with E-state index in [0.717, 1.165) is 30.2 Å². The number of benzene rings is 1. The van der Waals surface area contributed by atoms with E-state index in [0.29, 0.717) is 36.0 Å². The Kier molecular flexibility index (Phi) is 5.93. The van der Waals surface area contributed by atoms with E-state index in [4.69, 9.17) is 0 Å². The maximum Gasteiger partial charge on any atom is 0.223 e. The molecule has 0 amide bonds. The standard InChI is InChI=1S/C20H20FN7O2S2/c21-14-3-2-13(12-16(14)29)17-18(28-10-11-31-20(28)26-17)15-4-6-22-19(25-15)23-7-9-27-8-1-5-24-32(27)30/h2-4,6,10-12,24,29H,1,5,7-9H2,(H,22,23,25). The van der Waals surface area contributed by atoms with Crippen molar-refractivity contribution in [2.75, 3.05) is 31.5 Å². The van der Waals surface area contributed by atoms with Gasteiger partial charge in [-0.2, -0.15) is 0 Å². The summed E-state index contributed by atoms with van der Waals surface area (Å²) >= 11 is 0.310. The normalized spacial score (nSPS) is 17.1. The van der Waals surface area contributed by atoms with Crippen molar-refractivity contribution < 1.29 is 14.0 Å². The van der Waals surface area contributed by atoms with Gasteiger partial charge in [0, 0.05) is 43.0 Å². The Bertz CT molecular complexity index is 1250. The minimum atomic E-state index is -1.16. The molecule has 3 aromatic heterocycles. The molecule has 0 aliphatic carbocycles. The Morgan fingerprint density at radius 2 is 2.22 bits per heavy atom. The first kappa shape index (κ1) is 21.1.